The molecule has 0 aliphatic heterocycles. The van der Waals surface area contributed by atoms with E-state index in [1.54, 1.807) is 6.07 Å². The van der Waals surface area contributed by atoms with E-state index in [0.29, 0.717) is 12.2 Å². The predicted molar refractivity (Wildman–Crippen MR) is 60.3 cm³/mol. The van der Waals surface area contributed by atoms with Gasteiger partial charge >= 0.3 is 5.97 Å². The molecule has 0 fully saturated rings. The number of carbonyl (C=O) groups is 1. The van der Waals surface area contributed by atoms with E-state index in [4.69, 9.17) is 5.11 Å². The molecule has 1 aromatic heterocycles. The molecular weight excluding hydrogens is 190 g/mol. The molecule has 0 atom stereocenters. The minimum atomic E-state index is -0.859. The number of aromatic carboxylic acids is 1. The van der Waals surface area contributed by atoms with Crippen molar-refractivity contribution in [3.63, 3.8) is 0 Å². The van der Waals surface area contributed by atoms with Gasteiger partial charge in [-0.1, -0.05) is 19.1 Å². The summed E-state index contributed by atoms with van der Waals surface area (Å²) < 4.78 is 1.86. The van der Waals surface area contributed by atoms with Gasteiger partial charge in [0.2, 0.25) is 0 Å². The molecule has 0 unspecified atom stereocenters. The van der Waals surface area contributed by atoms with Crippen LogP contribution in [0.15, 0.2) is 18.2 Å². The van der Waals surface area contributed by atoms with Crippen LogP contribution < -0.4 is 0 Å². The van der Waals surface area contributed by atoms with Crippen LogP contribution in [0.4, 0.5) is 0 Å². The predicted octanol–water partition coefficient (Wildman–Crippen LogP) is 2.63. The van der Waals surface area contributed by atoms with Gasteiger partial charge in [0.15, 0.2) is 0 Å². The summed E-state index contributed by atoms with van der Waals surface area (Å²) in [6.07, 6.45) is 4.75. The summed E-state index contributed by atoms with van der Waals surface area (Å²) in [5.74, 6) is -0.859. The average molecular weight is 207 g/mol. The molecule has 0 aliphatic carbocycles. The van der Waals surface area contributed by atoms with Crippen molar-refractivity contribution in [3.05, 3.63) is 35.2 Å². The number of carboxylic acids is 1. The quantitative estimate of drug-likeness (QED) is 0.771. The van der Waals surface area contributed by atoms with Gasteiger partial charge in [-0.2, -0.15) is 0 Å². The van der Waals surface area contributed by atoms with Gasteiger partial charge in [-0.05, 0) is 31.9 Å². The van der Waals surface area contributed by atoms with Crippen LogP contribution >= 0.6 is 0 Å². The summed E-state index contributed by atoms with van der Waals surface area (Å²) in [6, 6.07) is 1.74. The lowest BCUT2D eigenvalue weighted by molar-refractivity contribution is 0.0685. The summed E-state index contributed by atoms with van der Waals surface area (Å²) >= 11 is 0. The van der Waals surface area contributed by atoms with Crippen LogP contribution in [0.25, 0.3) is 0 Å². The average Bonchev–Trinajstić information content (AvgIpc) is 2.51. The van der Waals surface area contributed by atoms with Crippen LogP contribution in [-0.4, -0.2) is 15.6 Å². The molecule has 0 radical (unpaired) electrons. The molecule has 1 heterocycles. The highest BCUT2D eigenvalue weighted by Crippen LogP contribution is 2.16. The summed E-state index contributed by atoms with van der Waals surface area (Å²) in [6.45, 7) is 6.56. The Labute approximate surface area is 90.0 Å². The first-order valence-corrected chi connectivity index (χ1v) is 5.15. The van der Waals surface area contributed by atoms with Crippen molar-refractivity contribution in [2.75, 3.05) is 0 Å². The molecular formula is C12H17NO2. The summed E-state index contributed by atoms with van der Waals surface area (Å²) in [4.78, 5) is 11.0. The second kappa shape index (κ2) is 4.82. The molecule has 0 aromatic carbocycles. The number of aryl methyl sites for hydroxylation is 1. The molecule has 0 bridgehead atoms. The maximum atomic E-state index is 11.0. The third-order valence-electron chi connectivity index (χ3n) is 2.50. The number of aromatic nitrogens is 1. The van der Waals surface area contributed by atoms with E-state index in [-0.39, 0.29) is 0 Å². The molecule has 1 N–H and O–H groups in total. The summed E-state index contributed by atoms with van der Waals surface area (Å²) in [5.41, 5.74) is 2.53. The molecule has 15 heavy (non-hydrogen) atoms. The lowest BCUT2D eigenvalue weighted by atomic mass is 10.2. The third-order valence-corrected chi connectivity index (χ3v) is 2.50. The lowest BCUT2D eigenvalue weighted by Crippen LogP contribution is -2.10. The minimum Gasteiger partial charge on any atom is -0.477 e. The number of carboxylic acid groups (broad SMARTS) is 1. The van der Waals surface area contributed by atoms with Crippen LogP contribution in [0.1, 0.15) is 35.6 Å². The van der Waals surface area contributed by atoms with E-state index < -0.39 is 5.97 Å². The lowest BCUT2D eigenvalue weighted by Gasteiger charge is -2.08. The Morgan fingerprint density at radius 2 is 2.27 bits per heavy atom. The fourth-order valence-electron chi connectivity index (χ4n) is 1.79. The zero-order valence-electron chi connectivity index (χ0n) is 9.45. The van der Waals surface area contributed by atoms with Crippen LogP contribution in [0.2, 0.25) is 0 Å². The van der Waals surface area contributed by atoms with E-state index in [2.05, 4.69) is 0 Å². The Bertz CT molecular complexity index is 389. The normalized spacial score (nSPS) is 11.1. The maximum Gasteiger partial charge on any atom is 0.352 e. The molecule has 0 saturated heterocycles. The summed E-state index contributed by atoms with van der Waals surface area (Å²) in [7, 11) is 0. The Hall–Kier alpha value is -1.51. The van der Waals surface area contributed by atoms with Gasteiger partial charge in [-0.3, -0.25) is 0 Å². The van der Waals surface area contributed by atoms with E-state index >= 15 is 0 Å². The first-order valence-electron chi connectivity index (χ1n) is 5.15. The van der Waals surface area contributed by atoms with Gasteiger partial charge in [0.1, 0.15) is 5.69 Å². The Morgan fingerprint density at radius 3 is 2.73 bits per heavy atom. The second-order valence-electron chi connectivity index (χ2n) is 3.50. The van der Waals surface area contributed by atoms with Crippen molar-refractivity contribution in [2.45, 2.75) is 33.7 Å². The zero-order chi connectivity index (χ0) is 11.4. The number of allylic oxidation sites excluding steroid dienone is 2. The fourth-order valence-corrected chi connectivity index (χ4v) is 1.79. The van der Waals surface area contributed by atoms with Crippen LogP contribution in [0, 0.1) is 6.92 Å². The van der Waals surface area contributed by atoms with Gasteiger partial charge in [-0.25, -0.2) is 4.79 Å². The van der Waals surface area contributed by atoms with Crippen molar-refractivity contribution < 1.29 is 9.90 Å². The van der Waals surface area contributed by atoms with Gasteiger partial charge in [-0.15, -0.1) is 0 Å². The topological polar surface area (TPSA) is 42.2 Å². The molecule has 1 rings (SSSR count). The summed E-state index contributed by atoms with van der Waals surface area (Å²) in [5, 5.41) is 9.05. The fraction of sp³-hybridized carbons (Fsp3) is 0.417. The molecule has 3 nitrogen and oxygen atoms in total. The van der Waals surface area contributed by atoms with Gasteiger partial charge < -0.3 is 9.67 Å². The molecule has 0 spiro atoms. The Morgan fingerprint density at radius 1 is 1.60 bits per heavy atom. The SMILES string of the molecule is CC=CCn1c(C(=O)O)cc(C)c1CC. The van der Waals surface area contributed by atoms with Crippen LogP contribution in [0.3, 0.4) is 0 Å². The zero-order valence-corrected chi connectivity index (χ0v) is 9.45. The largest absolute Gasteiger partial charge is 0.477 e. The molecule has 82 valence electrons. The first kappa shape index (κ1) is 11.6. The van der Waals surface area contributed by atoms with E-state index in [1.807, 2.05) is 37.5 Å². The smallest absolute Gasteiger partial charge is 0.352 e. The molecule has 1 aromatic rings. The van der Waals surface area contributed by atoms with Crippen molar-refractivity contribution >= 4 is 5.97 Å². The van der Waals surface area contributed by atoms with E-state index in [1.165, 1.54) is 0 Å². The Kier molecular flexibility index (Phi) is 3.72. The standard InChI is InChI=1S/C12H17NO2/c1-4-6-7-13-10(5-2)9(3)8-11(13)12(14)15/h4,6,8H,5,7H2,1-3H3,(H,14,15). The highest BCUT2D eigenvalue weighted by Gasteiger charge is 2.14. The monoisotopic (exact) mass is 207 g/mol. The van der Waals surface area contributed by atoms with Crippen LogP contribution in [0.5, 0.6) is 0 Å². The Balaban J connectivity index is 3.21. The van der Waals surface area contributed by atoms with Crippen molar-refractivity contribution in [1.29, 1.82) is 0 Å². The highest BCUT2D eigenvalue weighted by molar-refractivity contribution is 5.86. The van der Waals surface area contributed by atoms with Crippen LogP contribution in [-0.2, 0) is 13.0 Å². The number of nitrogens with zero attached hydrogens (tertiary/aromatic N) is 1. The minimum absolute atomic E-state index is 0.377. The van der Waals surface area contributed by atoms with Gasteiger partial charge in [0, 0.05) is 12.2 Å². The molecule has 3 heteroatoms. The molecule has 0 amide bonds. The van der Waals surface area contributed by atoms with E-state index in [0.717, 1.165) is 17.7 Å². The molecule has 0 saturated carbocycles. The van der Waals surface area contributed by atoms with Crippen molar-refractivity contribution in [2.24, 2.45) is 0 Å². The first-order chi connectivity index (χ1) is 7.11. The third kappa shape index (κ3) is 2.29. The highest BCUT2D eigenvalue weighted by atomic mass is 16.4. The number of hydrogen-bond acceptors (Lipinski definition) is 1. The van der Waals surface area contributed by atoms with Gasteiger partial charge in [0.05, 0.1) is 0 Å². The van der Waals surface area contributed by atoms with E-state index in [9.17, 15) is 4.79 Å². The van der Waals surface area contributed by atoms with Crippen molar-refractivity contribution in [1.82, 2.24) is 4.57 Å². The number of rotatable bonds is 4. The molecule has 0 aliphatic rings. The van der Waals surface area contributed by atoms with Crippen molar-refractivity contribution in [3.8, 4) is 0 Å². The maximum absolute atomic E-state index is 11.0. The number of hydrogen-bond donors (Lipinski definition) is 1. The second-order valence-corrected chi connectivity index (χ2v) is 3.50. The van der Waals surface area contributed by atoms with Gasteiger partial charge in [0.25, 0.3) is 0 Å².